The predicted octanol–water partition coefficient (Wildman–Crippen LogP) is 1.09. The molecule has 2 amide bonds. The lowest BCUT2D eigenvalue weighted by Crippen LogP contribution is -2.30. The summed E-state index contributed by atoms with van der Waals surface area (Å²) in [5, 5.41) is 0. The zero-order chi connectivity index (χ0) is 11.0. The largest absolute Gasteiger partial charge is 0.399 e. The van der Waals surface area contributed by atoms with Crippen LogP contribution in [0.4, 0.5) is 11.4 Å². The van der Waals surface area contributed by atoms with E-state index < -0.39 is 0 Å². The molecule has 2 N–H and O–H groups in total. The van der Waals surface area contributed by atoms with E-state index in [1.165, 1.54) is 6.08 Å². The van der Waals surface area contributed by atoms with Crippen molar-refractivity contribution >= 4 is 23.2 Å². The summed E-state index contributed by atoms with van der Waals surface area (Å²) in [5.74, 6) is -0.603. The highest BCUT2D eigenvalue weighted by molar-refractivity contribution is 6.30. The van der Waals surface area contributed by atoms with E-state index >= 15 is 0 Å². The molecule has 0 aromatic heterocycles. The average Bonchev–Trinajstić information content (AvgIpc) is 2.41. The second-order valence-electron chi connectivity index (χ2n) is 3.40. The number of amides is 2. The summed E-state index contributed by atoms with van der Waals surface area (Å²) in [4.78, 5) is 24.2. The van der Waals surface area contributed by atoms with Crippen LogP contribution in [0.5, 0.6) is 0 Å². The minimum atomic E-state index is -0.317. The lowest BCUT2D eigenvalue weighted by molar-refractivity contribution is -0.120. The van der Waals surface area contributed by atoms with Crippen LogP contribution in [-0.2, 0) is 9.59 Å². The van der Waals surface area contributed by atoms with Crippen LogP contribution in [0.25, 0.3) is 0 Å². The average molecular weight is 202 g/mol. The molecule has 0 saturated heterocycles. The molecular formula is C11H10N2O2. The summed E-state index contributed by atoms with van der Waals surface area (Å²) in [5.41, 5.74) is 7.07. The summed E-state index contributed by atoms with van der Waals surface area (Å²) in [7, 11) is 0. The van der Waals surface area contributed by atoms with Gasteiger partial charge in [0.25, 0.3) is 11.8 Å². The Bertz CT molecular complexity index is 477. The van der Waals surface area contributed by atoms with Gasteiger partial charge in [-0.3, -0.25) is 9.59 Å². The molecule has 1 aromatic rings. The number of rotatable bonds is 1. The Kier molecular flexibility index (Phi) is 2.04. The molecule has 1 aliphatic rings. The third-order valence-electron chi connectivity index (χ3n) is 2.23. The van der Waals surface area contributed by atoms with E-state index in [1.54, 1.807) is 31.2 Å². The number of anilines is 2. The van der Waals surface area contributed by atoms with E-state index in [1.807, 2.05) is 0 Å². The first-order chi connectivity index (χ1) is 7.09. The number of hydrogen-bond donors (Lipinski definition) is 1. The molecule has 0 saturated carbocycles. The first-order valence-corrected chi connectivity index (χ1v) is 4.52. The smallest absolute Gasteiger partial charge is 0.261 e. The molecule has 1 aliphatic heterocycles. The first kappa shape index (κ1) is 9.45. The van der Waals surface area contributed by atoms with E-state index in [4.69, 9.17) is 5.73 Å². The predicted molar refractivity (Wildman–Crippen MR) is 57.1 cm³/mol. The number of carbonyl (C=O) groups excluding carboxylic acids is 2. The van der Waals surface area contributed by atoms with E-state index in [9.17, 15) is 9.59 Å². The highest BCUT2D eigenvalue weighted by atomic mass is 16.2. The van der Waals surface area contributed by atoms with E-state index in [2.05, 4.69) is 0 Å². The molecule has 0 atom stereocenters. The Morgan fingerprint density at radius 2 is 2.00 bits per heavy atom. The van der Waals surface area contributed by atoms with Gasteiger partial charge in [0.1, 0.15) is 0 Å². The molecule has 2 rings (SSSR count). The van der Waals surface area contributed by atoms with Crippen LogP contribution >= 0.6 is 0 Å². The Balaban J connectivity index is 2.42. The van der Waals surface area contributed by atoms with Crippen molar-refractivity contribution in [1.82, 2.24) is 0 Å². The fourth-order valence-electron chi connectivity index (χ4n) is 1.50. The molecular weight excluding hydrogens is 192 g/mol. The number of imide groups is 1. The van der Waals surface area contributed by atoms with Crippen LogP contribution in [0.2, 0.25) is 0 Å². The van der Waals surface area contributed by atoms with Gasteiger partial charge >= 0.3 is 0 Å². The Hall–Kier alpha value is -2.10. The van der Waals surface area contributed by atoms with Gasteiger partial charge in [-0.05, 0) is 25.1 Å². The highest BCUT2D eigenvalue weighted by Crippen LogP contribution is 2.23. The maximum absolute atomic E-state index is 11.6. The third kappa shape index (κ3) is 1.50. The number of carbonyl (C=O) groups is 2. The van der Waals surface area contributed by atoms with Crippen LogP contribution in [0, 0.1) is 0 Å². The summed E-state index contributed by atoms with van der Waals surface area (Å²) >= 11 is 0. The van der Waals surface area contributed by atoms with Crippen molar-refractivity contribution < 1.29 is 9.59 Å². The highest BCUT2D eigenvalue weighted by Gasteiger charge is 2.29. The molecule has 76 valence electrons. The zero-order valence-corrected chi connectivity index (χ0v) is 8.23. The number of hydrogen-bond acceptors (Lipinski definition) is 3. The lowest BCUT2D eigenvalue weighted by Gasteiger charge is -2.14. The van der Waals surface area contributed by atoms with Crippen molar-refractivity contribution in [3.8, 4) is 0 Å². The zero-order valence-electron chi connectivity index (χ0n) is 8.23. The number of nitrogens with two attached hydrogens (primary N) is 1. The molecule has 4 heteroatoms. The fraction of sp³-hybridized carbons (Fsp3) is 0.0909. The minimum Gasteiger partial charge on any atom is -0.399 e. The molecule has 0 unspecified atom stereocenters. The van der Waals surface area contributed by atoms with Gasteiger partial charge in [-0.25, -0.2) is 4.90 Å². The first-order valence-electron chi connectivity index (χ1n) is 4.52. The van der Waals surface area contributed by atoms with Crippen LogP contribution < -0.4 is 10.6 Å². The number of nitrogens with zero attached hydrogens (tertiary/aromatic N) is 1. The topological polar surface area (TPSA) is 63.4 Å². The Labute approximate surface area is 87.0 Å². The molecule has 1 aromatic carbocycles. The molecule has 15 heavy (non-hydrogen) atoms. The number of benzene rings is 1. The Morgan fingerprint density at radius 1 is 1.27 bits per heavy atom. The summed E-state index contributed by atoms with van der Waals surface area (Å²) in [6.07, 6.45) is 1.32. The Morgan fingerprint density at radius 3 is 2.53 bits per heavy atom. The van der Waals surface area contributed by atoms with Crippen LogP contribution in [0.15, 0.2) is 35.9 Å². The fourth-order valence-corrected chi connectivity index (χ4v) is 1.50. The van der Waals surface area contributed by atoms with Crippen molar-refractivity contribution in [2.75, 3.05) is 10.6 Å². The van der Waals surface area contributed by atoms with Gasteiger partial charge in [0.15, 0.2) is 0 Å². The monoisotopic (exact) mass is 202 g/mol. The van der Waals surface area contributed by atoms with Gasteiger partial charge in [0.2, 0.25) is 0 Å². The van der Waals surface area contributed by atoms with Gasteiger partial charge < -0.3 is 5.73 Å². The minimum absolute atomic E-state index is 0.286. The van der Waals surface area contributed by atoms with Crippen molar-refractivity contribution in [1.29, 1.82) is 0 Å². The quantitative estimate of drug-likeness (QED) is 0.547. The van der Waals surface area contributed by atoms with Crippen molar-refractivity contribution in [2.45, 2.75) is 6.92 Å². The van der Waals surface area contributed by atoms with E-state index in [-0.39, 0.29) is 11.8 Å². The second-order valence-corrected chi connectivity index (χ2v) is 3.40. The van der Waals surface area contributed by atoms with E-state index in [0.717, 1.165) is 4.90 Å². The third-order valence-corrected chi connectivity index (χ3v) is 2.23. The van der Waals surface area contributed by atoms with Crippen LogP contribution in [0.3, 0.4) is 0 Å². The van der Waals surface area contributed by atoms with Gasteiger partial charge in [0.05, 0.1) is 5.69 Å². The van der Waals surface area contributed by atoms with Crippen LogP contribution in [-0.4, -0.2) is 11.8 Å². The van der Waals surface area contributed by atoms with Crippen LogP contribution in [0.1, 0.15) is 6.92 Å². The van der Waals surface area contributed by atoms with Gasteiger partial charge in [-0.2, -0.15) is 0 Å². The van der Waals surface area contributed by atoms with Gasteiger partial charge in [0, 0.05) is 17.3 Å². The van der Waals surface area contributed by atoms with Gasteiger partial charge in [-0.15, -0.1) is 0 Å². The van der Waals surface area contributed by atoms with E-state index in [0.29, 0.717) is 16.9 Å². The number of nitrogen functional groups attached to an aromatic ring is 1. The molecule has 0 aliphatic carbocycles. The molecule has 0 radical (unpaired) electrons. The molecule has 1 heterocycles. The molecule has 0 spiro atoms. The van der Waals surface area contributed by atoms with Crippen molar-refractivity contribution in [2.24, 2.45) is 0 Å². The normalized spacial score (nSPS) is 15.8. The molecule has 0 fully saturated rings. The maximum Gasteiger partial charge on any atom is 0.261 e. The summed E-state index contributed by atoms with van der Waals surface area (Å²) < 4.78 is 0. The second kappa shape index (κ2) is 3.24. The molecule has 0 bridgehead atoms. The summed E-state index contributed by atoms with van der Waals surface area (Å²) in [6, 6.07) is 6.69. The standard InChI is InChI=1S/C11H10N2O2/c1-7-5-10(14)13(11(7)15)9-4-2-3-8(12)6-9/h2-6H,12H2,1H3. The van der Waals surface area contributed by atoms with Gasteiger partial charge in [-0.1, -0.05) is 6.07 Å². The summed E-state index contributed by atoms with van der Waals surface area (Å²) in [6.45, 7) is 1.62. The maximum atomic E-state index is 11.6. The molecule has 4 nitrogen and oxygen atoms in total. The lowest BCUT2D eigenvalue weighted by atomic mass is 10.2. The van der Waals surface area contributed by atoms with Crippen molar-refractivity contribution in [3.05, 3.63) is 35.9 Å². The SMILES string of the molecule is CC1=CC(=O)N(c2cccc(N)c2)C1=O. The van der Waals surface area contributed by atoms with Crippen molar-refractivity contribution in [3.63, 3.8) is 0 Å².